The van der Waals surface area contributed by atoms with Crippen molar-refractivity contribution in [2.75, 3.05) is 0 Å². The minimum absolute atomic E-state index is 0.0472. The van der Waals surface area contributed by atoms with Gasteiger partial charge in [-0.1, -0.05) is 13.0 Å². The van der Waals surface area contributed by atoms with Gasteiger partial charge in [-0.2, -0.15) is 0 Å². The Balaban J connectivity index is 1.37. The average molecular weight is 529 g/mol. The molecule has 8 nitrogen and oxygen atoms in total. The summed E-state index contributed by atoms with van der Waals surface area (Å²) in [5.74, 6) is -1.72. The van der Waals surface area contributed by atoms with Crippen molar-refractivity contribution < 1.29 is 39.2 Å². The van der Waals surface area contributed by atoms with Gasteiger partial charge in [0.05, 0.1) is 27.6 Å². The number of hydrogen-bond donors (Lipinski definition) is 3. The van der Waals surface area contributed by atoms with E-state index >= 15 is 0 Å². The fraction of sp³-hybridized carbons (Fsp3) is 0.767. The molecule has 2 heterocycles. The van der Waals surface area contributed by atoms with Crippen molar-refractivity contribution in [1.29, 1.82) is 0 Å². The van der Waals surface area contributed by atoms with Crippen LogP contribution in [0.1, 0.15) is 79.6 Å². The summed E-state index contributed by atoms with van der Waals surface area (Å²) in [6.45, 7) is 8.62. The number of hydrogen-bond acceptors (Lipinski definition) is 8. The minimum atomic E-state index is -1.29. The van der Waals surface area contributed by atoms with Crippen molar-refractivity contribution in [2.45, 2.75) is 109 Å². The van der Waals surface area contributed by atoms with Gasteiger partial charge < -0.3 is 24.8 Å². The molecule has 0 aromatic carbocycles. The van der Waals surface area contributed by atoms with Gasteiger partial charge in [-0.25, -0.2) is 0 Å². The molecule has 2 aliphatic heterocycles. The van der Waals surface area contributed by atoms with Crippen LogP contribution in [-0.2, 0) is 23.9 Å². The van der Waals surface area contributed by atoms with E-state index in [0.717, 1.165) is 5.57 Å². The minimum Gasteiger partial charge on any atom is -0.461 e. The summed E-state index contributed by atoms with van der Waals surface area (Å²) in [6, 6.07) is 0. The van der Waals surface area contributed by atoms with Gasteiger partial charge in [0.2, 0.25) is 0 Å². The molecule has 5 aliphatic carbocycles. The summed E-state index contributed by atoms with van der Waals surface area (Å²) >= 11 is 0. The maximum absolute atomic E-state index is 13.4. The maximum atomic E-state index is 13.4. The normalized spacial score (nSPS) is 54.9. The molecule has 2 saturated heterocycles. The van der Waals surface area contributed by atoms with Gasteiger partial charge in [0, 0.05) is 24.7 Å². The van der Waals surface area contributed by atoms with E-state index in [1.165, 1.54) is 13.0 Å². The number of ether oxygens (including phenoxy) is 2. The molecule has 0 amide bonds. The van der Waals surface area contributed by atoms with Crippen molar-refractivity contribution in [3.05, 3.63) is 23.8 Å². The van der Waals surface area contributed by atoms with Crippen LogP contribution in [0.5, 0.6) is 0 Å². The number of rotatable bonds is 2. The Morgan fingerprint density at radius 3 is 2.26 bits per heavy atom. The van der Waals surface area contributed by atoms with E-state index in [-0.39, 0.29) is 24.0 Å². The van der Waals surface area contributed by atoms with E-state index in [9.17, 15) is 29.7 Å². The van der Waals surface area contributed by atoms with Crippen molar-refractivity contribution >= 4 is 17.7 Å². The molecule has 11 atom stereocenters. The molecule has 0 radical (unpaired) electrons. The Labute approximate surface area is 223 Å². The maximum Gasteiger partial charge on any atom is 0.315 e. The molecule has 0 unspecified atom stereocenters. The zero-order valence-electron chi connectivity index (χ0n) is 23.0. The number of allylic oxidation sites excluding steroid dienone is 2. The van der Waals surface area contributed by atoms with Crippen LogP contribution in [0.25, 0.3) is 0 Å². The van der Waals surface area contributed by atoms with Crippen molar-refractivity contribution in [1.82, 2.24) is 0 Å². The SMILES string of the molecule is CC(=O)O[C@H]1C=CC(=O)[C@@]2(C)C1=CC[C@H]1[C@H]2CC[C@@]2(C)[C@@]1(O)CC[C@]2(O)[C@@H]1C[C@@]2(C)C(=O)O[C@@H]1C[C@]2(C)O. The van der Waals surface area contributed by atoms with Crippen molar-refractivity contribution in [3.63, 3.8) is 0 Å². The standard InChI is InChI=1S/C30H40O8/c1-16(31)37-21-8-9-23(32)28(5)17-10-11-26(3)29(35,18(17)6-7-19(21)28)12-13-30(26,36)20-14-25(2)24(33)38-22(20)15-27(25,4)34/h7-9,17-18,20-22,34-36H,6,10-15H2,1-5H3/t17-,18+,20-,21+,22-,25+,26+,27+,28-,29-,30+/m1/s1. The van der Waals surface area contributed by atoms with Gasteiger partial charge in [0.1, 0.15) is 12.2 Å². The van der Waals surface area contributed by atoms with Crippen LogP contribution >= 0.6 is 0 Å². The van der Waals surface area contributed by atoms with Gasteiger partial charge >= 0.3 is 11.9 Å². The smallest absolute Gasteiger partial charge is 0.315 e. The first-order valence-electron chi connectivity index (χ1n) is 14.0. The Hall–Kier alpha value is -2.03. The summed E-state index contributed by atoms with van der Waals surface area (Å²) in [6.07, 6.45) is 6.85. The van der Waals surface area contributed by atoms with E-state index in [2.05, 4.69) is 0 Å². The third-order valence-corrected chi connectivity index (χ3v) is 12.5. The highest BCUT2D eigenvalue weighted by atomic mass is 16.6. The second kappa shape index (κ2) is 7.58. The molecular weight excluding hydrogens is 488 g/mol. The highest BCUT2D eigenvalue weighted by Crippen LogP contribution is 2.71. The zero-order chi connectivity index (χ0) is 27.7. The number of esters is 2. The molecule has 2 bridgehead atoms. The summed E-state index contributed by atoms with van der Waals surface area (Å²) in [5, 5.41) is 36.2. The first-order valence-corrected chi connectivity index (χ1v) is 14.0. The summed E-state index contributed by atoms with van der Waals surface area (Å²) in [7, 11) is 0. The zero-order valence-corrected chi connectivity index (χ0v) is 23.0. The molecule has 0 spiro atoms. The van der Waals surface area contributed by atoms with Crippen LogP contribution in [0, 0.1) is 34.0 Å². The van der Waals surface area contributed by atoms with E-state index in [4.69, 9.17) is 9.47 Å². The lowest BCUT2D eigenvalue weighted by Gasteiger charge is -2.64. The molecule has 5 fully saturated rings. The Bertz CT molecular complexity index is 1190. The Morgan fingerprint density at radius 2 is 1.63 bits per heavy atom. The molecule has 38 heavy (non-hydrogen) atoms. The van der Waals surface area contributed by atoms with Crippen LogP contribution in [-0.4, -0.2) is 62.1 Å². The van der Waals surface area contributed by atoms with E-state index in [0.29, 0.717) is 38.5 Å². The number of ketones is 1. The van der Waals surface area contributed by atoms with Gasteiger partial charge in [-0.15, -0.1) is 0 Å². The third kappa shape index (κ3) is 2.84. The average Bonchev–Trinajstić information content (AvgIpc) is 3.04. The van der Waals surface area contributed by atoms with Gasteiger partial charge in [-0.05, 0) is 88.9 Å². The quantitative estimate of drug-likeness (QED) is 0.369. The predicted octanol–water partition coefficient (Wildman–Crippen LogP) is 2.77. The van der Waals surface area contributed by atoms with Gasteiger partial charge in [0.15, 0.2) is 5.78 Å². The monoisotopic (exact) mass is 528 g/mol. The molecule has 208 valence electrons. The predicted molar refractivity (Wildman–Crippen MR) is 135 cm³/mol. The second-order valence-electron chi connectivity index (χ2n) is 13.8. The lowest BCUT2D eigenvalue weighted by molar-refractivity contribution is -0.279. The Kier molecular flexibility index (Phi) is 5.23. The fourth-order valence-corrected chi connectivity index (χ4v) is 9.83. The summed E-state index contributed by atoms with van der Waals surface area (Å²) in [4.78, 5) is 38.0. The van der Waals surface area contributed by atoms with Crippen LogP contribution in [0.3, 0.4) is 0 Å². The first-order chi connectivity index (χ1) is 17.5. The van der Waals surface area contributed by atoms with Crippen LogP contribution in [0.15, 0.2) is 23.8 Å². The van der Waals surface area contributed by atoms with Crippen LogP contribution in [0.4, 0.5) is 0 Å². The fourth-order valence-electron chi connectivity index (χ4n) is 9.83. The lowest BCUT2D eigenvalue weighted by atomic mass is 9.43. The third-order valence-electron chi connectivity index (χ3n) is 12.5. The van der Waals surface area contributed by atoms with Crippen molar-refractivity contribution in [3.8, 4) is 0 Å². The molecule has 8 heteroatoms. The highest BCUT2D eigenvalue weighted by molar-refractivity contribution is 5.99. The Morgan fingerprint density at radius 1 is 0.974 bits per heavy atom. The van der Waals surface area contributed by atoms with Crippen LogP contribution < -0.4 is 0 Å². The van der Waals surface area contributed by atoms with E-state index < -0.39 is 63.1 Å². The number of carbonyl (C=O) groups excluding carboxylic acids is 3. The van der Waals surface area contributed by atoms with Gasteiger partial charge in [0.25, 0.3) is 0 Å². The summed E-state index contributed by atoms with van der Waals surface area (Å²) < 4.78 is 11.3. The van der Waals surface area contributed by atoms with E-state index in [1.807, 2.05) is 19.9 Å². The molecule has 7 rings (SSSR count). The molecule has 0 aromatic rings. The van der Waals surface area contributed by atoms with E-state index in [1.54, 1.807) is 19.9 Å². The second-order valence-corrected chi connectivity index (χ2v) is 13.8. The topological polar surface area (TPSA) is 130 Å². The molecule has 0 aromatic heterocycles. The van der Waals surface area contributed by atoms with Crippen LogP contribution in [0.2, 0.25) is 0 Å². The van der Waals surface area contributed by atoms with Gasteiger partial charge in [-0.3, -0.25) is 14.4 Å². The molecular formula is C30H40O8. The van der Waals surface area contributed by atoms with Crippen molar-refractivity contribution in [2.24, 2.45) is 34.0 Å². The highest BCUT2D eigenvalue weighted by Gasteiger charge is 2.76. The molecule has 3 saturated carbocycles. The number of aliphatic hydroxyl groups is 3. The molecule has 3 N–H and O–H groups in total. The number of fused-ring (bicyclic) bond motifs is 8. The number of carbonyl (C=O) groups is 3. The summed E-state index contributed by atoms with van der Waals surface area (Å²) in [5.41, 5.74) is -5.88. The first kappa shape index (κ1) is 26.2. The molecule has 7 aliphatic rings. The lowest BCUT2D eigenvalue weighted by Crippen LogP contribution is -2.72. The largest absolute Gasteiger partial charge is 0.461 e.